The van der Waals surface area contributed by atoms with Crippen molar-refractivity contribution in [3.63, 3.8) is 0 Å². The minimum Gasteiger partial charge on any atom is -0.497 e. The molecule has 0 spiro atoms. The third-order valence-corrected chi connectivity index (χ3v) is 7.14. The fourth-order valence-corrected chi connectivity index (χ4v) is 5.40. The molecule has 0 saturated heterocycles. The maximum atomic E-state index is 14.7. The van der Waals surface area contributed by atoms with Crippen LogP contribution in [-0.4, -0.2) is 23.2 Å². The van der Waals surface area contributed by atoms with Crippen molar-refractivity contribution in [1.29, 1.82) is 0 Å². The molecule has 0 radical (unpaired) electrons. The van der Waals surface area contributed by atoms with E-state index in [-0.39, 0.29) is 23.5 Å². The van der Waals surface area contributed by atoms with Gasteiger partial charge < -0.3 is 15.2 Å². The number of ketones is 1. The molecule has 1 aliphatic rings. The normalized spacial score (nSPS) is 16.4. The van der Waals surface area contributed by atoms with Crippen LogP contribution in [0.15, 0.2) is 72.3 Å². The van der Waals surface area contributed by atoms with Crippen LogP contribution >= 0.6 is 11.8 Å². The number of benzene rings is 3. The summed E-state index contributed by atoms with van der Waals surface area (Å²) in [7, 11) is 1.56. The van der Waals surface area contributed by atoms with Crippen molar-refractivity contribution >= 4 is 28.1 Å². The van der Waals surface area contributed by atoms with Crippen molar-refractivity contribution in [1.82, 2.24) is 0 Å². The Morgan fingerprint density at radius 1 is 1.18 bits per heavy atom. The quantitative estimate of drug-likeness (QED) is 0.399. The lowest BCUT2D eigenvalue weighted by atomic mass is 9.92. The van der Waals surface area contributed by atoms with E-state index in [1.165, 1.54) is 6.07 Å². The molecule has 0 aliphatic carbocycles. The largest absolute Gasteiger partial charge is 0.497 e. The van der Waals surface area contributed by atoms with Gasteiger partial charge in [-0.25, -0.2) is 4.39 Å². The van der Waals surface area contributed by atoms with E-state index in [0.717, 1.165) is 11.1 Å². The van der Waals surface area contributed by atoms with Gasteiger partial charge in [-0.05, 0) is 42.7 Å². The highest BCUT2D eigenvalue weighted by molar-refractivity contribution is 8.09. The third kappa shape index (κ3) is 5.18. The van der Waals surface area contributed by atoms with Gasteiger partial charge in [0, 0.05) is 33.0 Å². The molecule has 3 aromatic rings. The summed E-state index contributed by atoms with van der Waals surface area (Å²) in [6, 6.07) is 19.1. The highest BCUT2D eigenvalue weighted by atomic mass is 32.2. The number of aliphatic hydroxyl groups is 1. The van der Waals surface area contributed by atoms with Crippen LogP contribution in [0.1, 0.15) is 41.6 Å². The minimum atomic E-state index is -0.679. The number of aliphatic hydroxyl groups excluding tert-OH is 1. The molecule has 0 bridgehead atoms. The number of methoxy groups -OCH3 is 1. The topological polar surface area (TPSA) is 58.6 Å². The summed E-state index contributed by atoms with van der Waals surface area (Å²) in [5.74, 6) is 0.164. The van der Waals surface area contributed by atoms with Crippen LogP contribution in [0.5, 0.6) is 5.75 Å². The number of aryl methyl sites for hydroxylation is 1. The Morgan fingerprint density at radius 3 is 2.59 bits per heavy atom. The Hall–Kier alpha value is -3.09. The van der Waals surface area contributed by atoms with Gasteiger partial charge in [-0.1, -0.05) is 55.0 Å². The van der Waals surface area contributed by atoms with Crippen LogP contribution in [0.25, 0.3) is 4.91 Å². The molecule has 1 aliphatic heterocycles. The summed E-state index contributed by atoms with van der Waals surface area (Å²) in [5.41, 5.74) is 4.34. The van der Waals surface area contributed by atoms with Gasteiger partial charge in [0.25, 0.3) is 0 Å². The molecule has 0 saturated carbocycles. The number of nitrogens with one attached hydrogen (secondary N) is 1. The van der Waals surface area contributed by atoms with E-state index in [0.29, 0.717) is 39.5 Å². The Labute approximate surface area is 203 Å². The molecule has 4 nitrogen and oxygen atoms in total. The van der Waals surface area contributed by atoms with Crippen LogP contribution in [0, 0.1) is 12.7 Å². The van der Waals surface area contributed by atoms with E-state index in [2.05, 4.69) is 12.2 Å². The second-order valence-electron chi connectivity index (χ2n) is 8.50. The molecule has 34 heavy (non-hydrogen) atoms. The molecule has 2 atom stereocenters. The number of rotatable bonds is 8. The molecule has 0 fully saturated rings. The highest BCUT2D eigenvalue weighted by Crippen LogP contribution is 2.46. The van der Waals surface area contributed by atoms with Crippen molar-refractivity contribution in [3.8, 4) is 5.75 Å². The second kappa shape index (κ2) is 10.5. The molecule has 1 heterocycles. The SMILES string of the molecule is COc1cc(CO)cc(NC(C(=O)C2=C(c3ccccc3F)SC(C)C2)c2ccc(C)cc2)c1. The fourth-order valence-electron chi connectivity index (χ4n) is 4.13. The van der Waals surface area contributed by atoms with Crippen LogP contribution in [-0.2, 0) is 11.4 Å². The second-order valence-corrected chi connectivity index (χ2v) is 9.95. The summed E-state index contributed by atoms with van der Waals surface area (Å²) < 4.78 is 20.0. The smallest absolute Gasteiger partial charge is 0.186 e. The molecule has 2 N–H and O–H groups in total. The van der Waals surface area contributed by atoms with E-state index in [4.69, 9.17) is 4.74 Å². The molecule has 6 heteroatoms. The Balaban J connectivity index is 1.79. The molecule has 0 amide bonds. The Morgan fingerprint density at radius 2 is 1.91 bits per heavy atom. The van der Waals surface area contributed by atoms with E-state index < -0.39 is 6.04 Å². The van der Waals surface area contributed by atoms with Crippen LogP contribution in [0.4, 0.5) is 10.1 Å². The molecule has 4 rings (SSSR count). The van der Waals surface area contributed by atoms with Gasteiger partial charge in [-0.3, -0.25) is 4.79 Å². The van der Waals surface area contributed by atoms with Gasteiger partial charge in [0.05, 0.1) is 13.7 Å². The molecular weight excluding hydrogens is 449 g/mol. The number of hydrogen-bond donors (Lipinski definition) is 2. The van der Waals surface area contributed by atoms with Gasteiger partial charge in [0.2, 0.25) is 0 Å². The van der Waals surface area contributed by atoms with Crippen molar-refractivity contribution in [2.24, 2.45) is 0 Å². The van der Waals surface area contributed by atoms with E-state index >= 15 is 0 Å². The predicted molar refractivity (Wildman–Crippen MR) is 136 cm³/mol. The van der Waals surface area contributed by atoms with Gasteiger partial charge in [0.1, 0.15) is 17.6 Å². The van der Waals surface area contributed by atoms with Crippen molar-refractivity contribution in [2.45, 2.75) is 38.2 Å². The summed E-state index contributed by atoms with van der Waals surface area (Å²) in [6.07, 6.45) is 0.567. The first-order valence-corrected chi connectivity index (χ1v) is 12.1. The number of carbonyl (C=O) groups is 1. The van der Waals surface area contributed by atoms with Crippen LogP contribution < -0.4 is 10.1 Å². The molecule has 0 aromatic heterocycles. The number of ether oxygens (including phenoxy) is 1. The third-order valence-electron chi connectivity index (χ3n) is 5.87. The standard InChI is InChI=1S/C28H28FNO3S/c1-17-8-10-20(11-9-17)26(30-21-13-19(16-31)14-22(15-21)33-3)27(32)24-12-18(2)34-28(24)23-6-4-5-7-25(23)29/h4-11,13-15,18,26,30-31H,12,16H2,1-3H3. The first kappa shape index (κ1) is 24.0. The Kier molecular flexibility index (Phi) is 7.39. The van der Waals surface area contributed by atoms with Gasteiger partial charge in [0.15, 0.2) is 5.78 Å². The van der Waals surface area contributed by atoms with E-state index in [1.54, 1.807) is 55.3 Å². The first-order chi connectivity index (χ1) is 16.4. The average molecular weight is 478 g/mol. The number of halogens is 1. The average Bonchev–Trinajstić information content (AvgIpc) is 3.24. The minimum absolute atomic E-state index is 0.0904. The van der Waals surface area contributed by atoms with E-state index in [9.17, 15) is 14.3 Å². The molecule has 176 valence electrons. The highest BCUT2D eigenvalue weighted by Gasteiger charge is 2.33. The van der Waals surface area contributed by atoms with Crippen molar-refractivity contribution < 1.29 is 19.0 Å². The Bertz CT molecular complexity index is 1200. The van der Waals surface area contributed by atoms with Gasteiger partial charge >= 0.3 is 0 Å². The zero-order valence-electron chi connectivity index (χ0n) is 19.5. The number of thioether (sulfide) groups is 1. The number of hydrogen-bond acceptors (Lipinski definition) is 5. The van der Waals surface area contributed by atoms with E-state index in [1.807, 2.05) is 31.2 Å². The first-order valence-electron chi connectivity index (χ1n) is 11.2. The number of Topliss-reactive ketones (excluding diaryl/α,β-unsaturated/α-hetero) is 1. The number of carbonyl (C=O) groups excluding carboxylic acids is 1. The van der Waals surface area contributed by atoms with Crippen molar-refractivity contribution in [3.05, 3.63) is 100 Å². The fraction of sp³-hybridized carbons (Fsp3) is 0.250. The lowest BCUT2D eigenvalue weighted by Gasteiger charge is -2.22. The zero-order valence-corrected chi connectivity index (χ0v) is 20.3. The molecule has 3 aromatic carbocycles. The zero-order chi connectivity index (χ0) is 24.2. The number of anilines is 1. The summed E-state index contributed by atoms with van der Waals surface area (Å²) in [5, 5.41) is 13.2. The van der Waals surface area contributed by atoms with Crippen LogP contribution in [0.3, 0.4) is 0 Å². The monoisotopic (exact) mass is 477 g/mol. The lowest BCUT2D eigenvalue weighted by molar-refractivity contribution is -0.116. The predicted octanol–water partition coefficient (Wildman–Crippen LogP) is 6.29. The lowest BCUT2D eigenvalue weighted by Crippen LogP contribution is -2.23. The van der Waals surface area contributed by atoms with Gasteiger partial charge in [-0.15, -0.1) is 11.8 Å². The maximum absolute atomic E-state index is 14.7. The van der Waals surface area contributed by atoms with Crippen LogP contribution in [0.2, 0.25) is 0 Å². The molecule has 2 unspecified atom stereocenters. The summed E-state index contributed by atoms with van der Waals surface area (Å²) in [6.45, 7) is 3.90. The van der Waals surface area contributed by atoms with Crippen molar-refractivity contribution in [2.75, 3.05) is 12.4 Å². The summed E-state index contributed by atoms with van der Waals surface area (Å²) >= 11 is 1.54. The summed E-state index contributed by atoms with van der Waals surface area (Å²) in [4.78, 5) is 14.8. The maximum Gasteiger partial charge on any atom is 0.186 e. The van der Waals surface area contributed by atoms with Gasteiger partial charge in [-0.2, -0.15) is 0 Å². The molecular formula is C28H28FNO3S.